The van der Waals surface area contributed by atoms with Crippen molar-refractivity contribution >= 4 is 5.57 Å². The third-order valence-electron chi connectivity index (χ3n) is 4.80. The lowest BCUT2D eigenvalue weighted by Crippen LogP contribution is -2.19. The number of hydrogen-bond donors (Lipinski definition) is 0. The minimum Gasteiger partial charge on any atom is -0.375 e. The van der Waals surface area contributed by atoms with E-state index in [1.807, 2.05) is 0 Å². The number of allylic oxidation sites excluding steroid dienone is 5. The van der Waals surface area contributed by atoms with Crippen molar-refractivity contribution in [2.45, 2.75) is 45.4 Å². The molecule has 0 aromatic heterocycles. The van der Waals surface area contributed by atoms with E-state index in [0.29, 0.717) is 0 Å². The fourth-order valence-electron chi connectivity index (χ4n) is 3.38. The van der Waals surface area contributed by atoms with Crippen molar-refractivity contribution in [2.24, 2.45) is 0 Å². The van der Waals surface area contributed by atoms with Crippen LogP contribution in [-0.2, 0) is 6.42 Å². The number of likely N-dealkylation sites (tertiary alicyclic amines) is 1. The highest BCUT2D eigenvalue weighted by molar-refractivity contribution is 5.68. The predicted octanol–water partition coefficient (Wildman–Crippen LogP) is 5.35. The van der Waals surface area contributed by atoms with Gasteiger partial charge in [-0.15, -0.1) is 6.58 Å². The lowest BCUT2D eigenvalue weighted by atomic mass is 9.94. The summed E-state index contributed by atoms with van der Waals surface area (Å²) in [5, 5.41) is 0. The van der Waals surface area contributed by atoms with E-state index in [-0.39, 0.29) is 0 Å². The SMILES string of the molecule is C=C(C)CCc1ccc(C2=CC=C(N3CCCC3)CC2)cc1. The number of nitrogens with zero attached hydrogens (tertiary/aromatic N) is 1. The van der Waals surface area contributed by atoms with Crippen molar-refractivity contribution in [3.05, 3.63) is 65.4 Å². The minimum absolute atomic E-state index is 1.09. The highest BCUT2D eigenvalue weighted by Crippen LogP contribution is 2.30. The molecule has 0 spiro atoms. The third-order valence-corrected chi connectivity index (χ3v) is 4.80. The van der Waals surface area contributed by atoms with Crippen molar-refractivity contribution in [1.82, 2.24) is 4.90 Å². The normalized spacial score (nSPS) is 18.1. The summed E-state index contributed by atoms with van der Waals surface area (Å²) >= 11 is 0. The van der Waals surface area contributed by atoms with Crippen LogP contribution in [0.5, 0.6) is 0 Å². The van der Waals surface area contributed by atoms with Crippen LogP contribution in [0.25, 0.3) is 5.57 Å². The molecule has 1 heteroatoms. The molecule has 1 saturated heterocycles. The molecule has 1 aromatic carbocycles. The lowest BCUT2D eigenvalue weighted by molar-refractivity contribution is 0.409. The molecule has 0 bridgehead atoms. The highest BCUT2D eigenvalue weighted by atomic mass is 15.1. The largest absolute Gasteiger partial charge is 0.375 e. The van der Waals surface area contributed by atoms with Crippen molar-refractivity contribution in [3.63, 3.8) is 0 Å². The minimum atomic E-state index is 1.09. The molecule has 1 aliphatic carbocycles. The summed E-state index contributed by atoms with van der Waals surface area (Å²) in [6.07, 6.45) is 12.0. The van der Waals surface area contributed by atoms with E-state index < -0.39 is 0 Å². The van der Waals surface area contributed by atoms with Crippen LogP contribution in [0.4, 0.5) is 0 Å². The zero-order valence-corrected chi connectivity index (χ0v) is 13.8. The Labute approximate surface area is 135 Å². The van der Waals surface area contributed by atoms with E-state index in [1.165, 1.54) is 61.0 Å². The molecule has 0 atom stereocenters. The average Bonchev–Trinajstić information content (AvgIpc) is 3.08. The smallest absolute Gasteiger partial charge is 0.0175 e. The Kier molecular flexibility index (Phi) is 4.82. The van der Waals surface area contributed by atoms with Gasteiger partial charge in [0.1, 0.15) is 0 Å². The molecular weight excluding hydrogens is 266 g/mol. The van der Waals surface area contributed by atoms with Gasteiger partial charge in [0.25, 0.3) is 0 Å². The van der Waals surface area contributed by atoms with Gasteiger partial charge in [-0.2, -0.15) is 0 Å². The van der Waals surface area contributed by atoms with E-state index in [2.05, 4.69) is 54.8 Å². The predicted molar refractivity (Wildman–Crippen MR) is 95.7 cm³/mol. The number of rotatable bonds is 5. The summed E-state index contributed by atoms with van der Waals surface area (Å²) in [4.78, 5) is 2.56. The van der Waals surface area contributed by atoms with Crippen LogP contribution < -0.4 is 0 Å². The van der Waals surface area contributed by atoms with Crippen molar-refractivity contribution in [1.29, 1.82) is 0 Å². The van der Waals surface area contributed by atoms with Crippen LogP contribution in [0.3, 0.4) is 0 Å². The maximum absolute atomic E-state index is 3.98. The van der Waals surface area contributed by atoms with E-state index >= 15 is 0 Å². The molecule has 0 amide bonds. The summed E-state index contributed by atoms with van der Waals surface area (Å²) in [6, 6.07) is 9.13. The van der Waals surface area contributed by atoms with Gasteiger partial charge in [-0.05, 0) is 68.2 Å². The van der Waals surface area contributed by atoms with Gasteiger partial charge in [-0.1, -0.05) is 35.9 Å². The Hall–Kier alpha value is -1.76. The first kappa shape index (κ1) is 15.1. The topological polar surface area (TPSA) is 3.24 Å². The second kappa shape index (κ2) is 7.00. The Balaban J connectivity index is 1.65. The van der Waals surface area contributed by atoms with Gasteiger partial charge < -0.3 is 4.90 Å². The Morgan fingerprint density at radius 2 is 1.77 bits per heavy atom. The van der Waals surface area contributed by atoms with Gasteiger partial charge in [-0.25, -0.2) is 0 Å². The first-order valence-corrected chi connectivity index (χ1v) is 8.61. The van der Waals surface area contributed by atoms with Crippen LogP contribution in [-0.4, -0.2) is 18.0 Å². The van der Waals surface area contributed by atoms with E-state index in [1.54, 1.807) is 5.70 Å². The van der Waals surface area contributed by atoms with Crippen molar-refractivity contribution < 1.29 is 0 Å². The highest BCUT2D eigenvalue weighted by Gasteiger charge is 2.17. The van der Waals surface area contributed by atoms with Gasteiger partial charge in [0, 0.05) is 18.8 Å². The Bertz CT molecular complexity index is 583. The molecule has 1 nitrogen and oxygen atoms in total. The average molecular weight is 293 g/mol. The molecule has 1 aliphatic heterocycles. The van der Waals surface area contributed by atoms with E-state index in [4.69, 9.17) is 0 Å². The molecule has 0 radical (unpaired) electrons. The Morgan fingerprint density at radius 3 is 2.36 bits per heavy atom. The van der Waals surface area contributed by atoms with Gasteiger partial charge in [0.05, 0.1) is 0 Å². The van der Waals surface area contributed by atoms with Crippen LogP contribution in [0.1, 0.15) is 50.2 Å². The molecule has 0 unspecified atom stereocenters. The van der Waals surface area contributed by atoms with E-state index in [0.717, 1.165) is 12.8 Å². The molecular formula is C21H27N. The molecule has 2 aliphatic rings. The molecule has 0 N–H and O–H groups in total. The fraction of sp³-hybridized carbons (Fsp3) is 0.429. The van der Waals surface area contributed by atoms with Gasteiger partial charge >= 0.3 is 0 Å². The summed E-state index contributed by atoms with van der Waals surface area (Å²) < 4.78 is 0. The monoisotopic (exact) mass is 293 g/mol. The maximum atomic E-state index is 3.98. The van der Waals surface area contributed by atoms with Crippen LogP contribution in [0.2, 0.25) is 0 Å². The van der Waals surface area contributed by atoms with Gasteiger partial charge in [0.2, 0.25) is 0 Å². The molecule has 0 saturated carbocycles. The third kappa shape index (κ3) is 3.71. The second-order valence-corrected chi connectivity index (χ2v) is 6.70. The fourth-order valence-corrected chi connectivity index (χ4v) is 3.38. The van der Waals surface area contributed by atoms with Crippen LogP contribution in [0, 0.1) is 0 Å². The molecule has 1 heterocycles. The van der Waals surface area contributed by atoms with Crippen molar-refractivity contribution in [3.8, 4) is 0 Å². The zero-order valence-electron chi connectivity index (χ0n) is 13.8. The summed E-state index contributed by atoms with van der Waals surface area (Å²) in [5.41, 5.74) is 7.08. The molecule has 1 aromatic rings. The molecule has 1 fully saturated rings. The molecule has 3 rings (SSSR count). The van der Waals surface area contributed by atoms with E-state index in [9.17, 15) is 0 Å². The summed E-state index contributed by atoms with van der Waals surface area (Å²) in [7, 11) is 0. The summed E-state index contributed by atoms with van der Waals surface area (Å²) in [5.74, 6) is 0. The molecule has 22 heavy (non-hydrogen) atoms. The number of hydrogen-bond acceptors (Lipinski definition) is 1. The van der Waals surface area contributed by atoms with Gasteiger partial charge in [-0.3, -0.25) is 0 Å². The first-order valence-electron chi connectivity index (χ1n) is 8.61. The lowest BCUT2D eigenvalue weighted by Gasteiger charge is -2.24. The zero-order chi connectivity index (χ0) is 15.4. The first-order chi connectivity index (χ1) is 10.7. The number of benzene rings is 1. The second-order valence-electron chi connectivity index (χ2n) is 6.70. The standard InChI is InChI=1S/C21H27N/c1-17(2)5-6-18-7-9-19(10-8-18)20-11-13-21(14-12-20)22-15-3-4-16-22/h7-11,13H,1,3-6,12,14-16H2,2H3. The van der Waals surface area contributed by atoms with Crippen LogP contribution >= 0.6 is 0 Å². The maximum Gasteiger partial charge on any atom is 0.0175 e. The molecule has 116 valence electrons. The van der Waals surface area contributed by atoms with Crippen molar-refractivity contribution in [2.75, 3.05) is 13.1 Å². The quantitative estimate of drug-likeness (QED) is 0.661. The van der Waals surface area contributed by atoms with Gasteiger partial charge in [0.15, 0.2) is 0 Å². The van der Waals surface area contributed by atoms with Crippen LogP contribution in [0.15, 0.2) is 54.3 Å². The summed E-state index contributed by atoms with van der Waals surface area (Å²) in [6.45, 7) is 8.60. The Morgan fingerprint density at radius 1 is 1.05 bits per heavy atom. The number of aryl methyl sites for hydroxylation is 1.